The van der Waals surface area contributed by atoms with Crippen molar-refractivity contribution in [1.29, 1.82) is 0 Å². The van der Waals surface area contributed by atoms with Gasteiger partial charge in [0.15, 0.2) is 5.82 Å². The Bertz CT molecular complexity index is 942. The zero-order valence-corrected chi connectivity index (χ0v) is 20.6. The van der Waals surface area contributed by atoms with E-state index < -0.39 is 0 Å². The van der Waals surface area contributed by atoms with Gasteiger partial charge in [-0.15, -0.1) is 10.2 Å². The van der Waals surface area contributed by atoms with Gasteiger partial charge >= 0.3 is 0 Å². The summed E-state index contributed by atoms with van der Waals surface area (Å²) in [4.78, 5) is 24.1. The minimum absolute atomic E-state index is 0.283. The minimum atomic E-state index is 0.283. The number of hydrogen-bond acceptors (Lipinski definition) is 7. The van der Waals surface area contributed by atoms with E-state index in [4.69, 9.17) is 0 Å². The second kappa shape index (κ2) is 10.3. The molecule has 0 radical (unpaired) electrons. The first kappa shape index (κ1) is 23.1. The van der Waals surface area contributed by atoms with Gasteiger partial charge in [-0.3, -0.25) is 14.6 Å². The van der Waals surface area contributed by atoms with Crippen LogP contribution in [0, 0.1) is 0 Å². The second-order valence-corrected chi connectivity index (χ2v) is 9.98. The molecule has 182 valence electrons. The Kier molecular flexibility index (Phi) is 6.97. The summed E-state index contributed by atoms with van der Waals surface area (Å²) in [5, 5.41) is 8.97. The SMILES string of the molecule is CN(C)c1ccc(-c2ccc(N3CCN(CC(=O)N4CCN(C5CCC5)CC4)CC3)nn2)cc1. The van der Waals surface area contributed by atoms with Gasteiger partial charge < -0.3 is 14.7 Å². The van der Waals surface area contributed by atoms with Crippen LogP contribution in [0.2, 0.25) is 0 Å². The first-order valence-electron chi connectivity index (χ1n) is 12.7. The van der Waals surface area contributed by atoms with Crippen LogP contribution in [-0.4, -0.2) is 110 Å². The van der Waals surface area contributed by atoms with Crippen molar-refractivity contribution < 1.29 is 4.79 Å². The van der Waals surface area contributed by atoms with Crippen LogP contribution in [0.4, 0.5) is 11.5 Å². The number of hydrogen-bond donors (Lipinski definition) is 0. The van der Waals surface area contributed by atoms with Crippen molar-refractivity contribution in [3.63, 3.8) is 0 Å². The van der Waals surface area contributed by atoms with Crippen molar-refractivity contribution in [2.24, 2.45) is 0 Å². The highest BCUT2D eigenvalue weighted by Gasteiger charge is 2.30. The Morgan fingerprint density at radius 3 is 2.15 bits per heavy atom. The fourth-order valence-corrected chi connectivity index (χ4v) is 5.09. The number of amides is 1. The van der Waals surface area contributed by atoms with Crippen molar-refractivity contribution in [3.05, 3.63) is 36.4 Å². The molecule has 3 fully saturated rings. The van der Waals surface area contributed by atoms with E-state index in [-0.39, 0.29) is 5.91 Å². The van der Waals surface area contributed by atoms with Crippen molar-refractivity contribution in [3.8, 4) is 11.3 Å². The van der Waals surface area contributed by atoms with E-state index in [9.17, 15) is 4.79 Å². The Labute approximate surface area is 203 Å². The van der Waals surface area contributed by atoms with E-state index in [0.717, 1.165) is 75.5 Å². The molecule has 8 nitrogen and oxygen atoms in total. The molecule has 1 saturated carbocycles. The van der Waals surface area contributed by atoms with Crippen LogP contribution in [0.15, 0.2) is 36.4 Å². The Morgan fingerprint density at radius 2 is 1.59 bits per heavy atom. The topological polar surface area (TPSA) is 59.1 Å². The predicted octanol–water partition coefficient (Wildman–Crippen LogP) is 2.03. The predicted molar refractivity (Wildman–Crippen MR) is 136 cm³/mol. The first-order valence-corrected chi connectivity index (χ1v) is 12.7. The summed E-state index contributed by atoms with van der Waals surface area (Å²) in [6, 6.07) is 13.3. The fourth-order valence-electron chi connectivity index (χ4n) is 5.09. The molecule has 3 heterocycles. The molecule has 0 N–H and O–H groups in total. The van der Waals surface area contributed by atoms with Gasteiger partial charge in [0, 0.05) is 83.7 Å². The molecular weight excluding hydrogens is 426 g/mol. The summed E-state index contributed by atoms with van der Waals surface area (Å²) >= 11 is 0. The van der Waals surface area contributed by atoms with Gasteiger partial charge in [-0.25, -0.2) is 0 Å². The number of piperazine rings is 2. The van der Waals surface area contributed by atoms with E-state index in [1.165, 1.54) is 24.9 Å². The van der Waals surface area contributed by atoms with E-state index in [0.29, 0.717) is 6.54 Å². The maximum Gasteiger partial charge on any atom is 0.236 e. The number of nitrogens with zero attached hydrogens (tertiary/aromatic N) is 7. The molecule has 1 aliphatic carbocycles. The lowest BCUT2D eigenvalue weighted by Gasteiger charge is -2.43. The molecule has 1 aromatic heterocycles. The minimum Gasteiger partial charge on any atom is -0.378 e. The molecular formula is C26H37N7O. The van der Waals surface area contributed by atoms with Crippen LogP contribution in [0.3, 0.4) is 0 Å². The summed E-state index contributed by atoms with van der Waals surface area (Å²) in [5.41, 5.74) is 3.12. The normalized spacial score (nSPS) is 20.3. The lowest BCUT2D eigenvalue weighted by molar-refractivity contribution is -0.134. The van der Waals surface area contributed by atoms with Crippen LogP contribution in [0.25, 0.3) is 11.3 Å². The highest BCUT2D eigenvalue weighted by molar-refractivity contribution is 5.78. The summed E-state index contributed by atoms with van der Waals surface area (Å²) < 4.78 is 0. The number of aromatic nitrogens is 2. The molecule has 1 amide bonds. The average Bonchev–Trinajstić information content (AvgIpc) is 2.84. The highest BCUT2D eigenvalue weighted by Crippen LogP contribution is 2.26. The van der Waals surface area contributed by atoms with Gasteiger partial charge in [-0.05, 0) is 37.1 Å². The zero-order valence-electron chi connectivity index (χ0n) is 20.6. The zero-order chi connectivity index (χ0) is 23.5. The molecule has 2 saturated heterocycles. The summed E-state index contributed by atoms with van der Waals surface area (Å²) in [6.07, 6.45) is 4.06. The van der Waals surface area contributed by atoms with Gasteiger partial charge in [0.25, 0.3) is 0 Å². The highest BCUT2D eigenvalue weighted by atomic mass is 16.2. The second-order valence-electron chi connectivity index (χ2n) is 9.98. The molecule has 2 aromatic rings. The average molecular weight is 464 g/mol. The van der Waals surface area contributed by atoms with Crippen molar-refractivity contribution in [2.45, 2.75) is 25.3 Å². The van der Waals surface area contributed by atoms with E-state index in [1.807, 2.05) is 20.2 Å². The molecule has 0 atom stereocenters. The third-order valence-corrected chi connectivity index (χ3v) is 7.64. The number of carbonyl (C=O) groups is 1. The van der Waals surface area contributed by atoms with E-state index >= 15 is 0 Å². The molecule has 0 bridgehead atoms. The third-order valence-electron chi connectivity index (χ3n) is 7.64. The van der Waals surface area contributed by atoms with Crippen LogP contribution >= 0.6 is 0 Å². The van der Waals surface area contributed by atoms with Crippen molar-refractivity contribution in [1.82, 2.24) is 24.9 Å². The lowest BCUT2D eigenvalue weighted by Crippen LogP contribution is -2.56. The van der Waals surface area contributed by atoms with Gasteiger partial charge in [-0.1, -0.05) is 18.6 Å². The van der Waals surface area contributed by atoms with Crippen LogP contribution in [0.5, 0.6) is 0 Å². The maximum atomic E-state index is 12.8. The third kappa shape index (κ3) is 5.18. The van der Waals surface area contributed by atoms with E-state index in [1.54, 1.807) is 0 Å². The van der Waals surface area contributed by atoms with Gasteiger partial charge in [-0.2, -0.15) is 0 Å². The molecule has 0 spiro atoms. The largest absolute Gasteiger partial charge is 0.378 e. The summed E-state index contributed by atoms with van der Waals surface area (Å²) in [5.74, 6) is 1.19. The Hall–Kier alpha value is -2.71. The van der Waals surface area contributed by atoms with Crippen molar-refractivity contribution in [2.75, 3.05) is 82.8 Å². The van der Waals surface area contributed by atoms with Gasteiger partial charge in [0.05, 0.1) is 12.2 Å². The Morgan fingerprint density at radius 1 is 0.882 bits per heavy atom. The standard InChI is InChI=1S/C26H37N7O/c1-29(2)22-8-6-21(7-9-22)24-10-11-25(28-27-24)32-14-12-30(13-15-32)20-26(34)33-18-16-31(17-19-33)23-4-3-5-23/h6-11,23H,3-5,12-20H2,1-2H3. The van der Waals surface area contributed by atoms with E-state index in [2.05, 4.69) is 65.0 Å². The molecule has 5 rings (SSSR count). The molecule has 8 heteroatoms. The molecule has 3 aliphatic rings. The fraction of sp³-hybridized carbons (Fsp3) is 0.577. The molecule has 2 aliphatic heterocycles. The van der Waals surface area contributed by atoms with Gasteiger partial charge in [0.2, 0.25) is 5.91 Å². The van der Waals surface area contributed by atoms with Gasteiger partial charge in [0.1, 0.15) is 0 Å². The van der Waals surface area contributed by atoms with Crippen LogP contribution < -0.4 is 9.80 Å². The lowest BCUT2D eigenvalue weighted by atomic mass is 9.91. The van der Waals surface area contributed by atoms with Crippen LogP contribution in [-0.2, 0) is 4.79 Å². The smallest absolute Gasteiger partial charge is 0.236 e. The monoisotopic (exact) mass is 463 g/mol. The molecule has 34 heavy (non-hydrogen) atoms. The number of rotatable bonds is 6. The number of benzene rings is 1. The molecule has 0 unspecified atom stereocenters. The first-order chi connectivity index (χ1) is 16.6. The summed E-state index contributed by atoms with van der Waals surface area (Å²) in [7, 11) is 4.08. The van der Waals surface area contributed by atoms with Crippen molar-refractivity contribution >= 4 is 17.4 Å². The van der Waals surface area contributed by atoms with Crippen LogP contribution in [0.1, 0.15) is 19.3 Å². The maximum absolute atomic E-state index is 12.8. The number of anilines is 2. The quantitative estimate of drug-likeness (QED) is 0.650. The molecule has 1 aromatic carbocycles. The summed E-state index contributed by atoms with van der Waals surface area (Å²) in [6.45, 7) is 7.88. The number of carbonyl (C=O) groups excluding carboxylic acids is 1. The Balaban J connectivity index is 1.08.